The first-order chi connectivity index (χ1) is 18.9. The van der Waals surface area contributed by atoms with E-state index >= 15 is 0 Å². The van der Waals surface area contributed by atoms with Crippen molar-refractivity contribution in [3.63, 3.8) is 0 Å². The van der Waals surface area contributed by atoms with E-state index in [1.165, 1.54) is 12.1 Å². The molecular weight excluding hydrogens is 529 g/mol. The van der Waals surface area contributed by atoms with E-state index < -0.39 is 11.8 Å². The van der Waals surface area contributed by atoms with Crippen molar-refractivity contribution in [2.24, 2.45) is 0 Å². The van der Waals surface area contributed by atoms with Crippen LogP contribution in [0.3, 0.4) is 0 Å². The van der Waals surface area contributed by atoms with Crippen molar-refractivity contribution in [3.05, 3.63) is 71.1 Å². The number of carbonyl (C=O) groups excluding carboxylic acids is 1. The average Bonchev–Trinajstić information content (AvgIpc) is 2.92. The van der Waals surface area contributed by atoms with Crippen molar-refractivity contribution in [2.45, 2.75) is 6.92 Å². The Labute approximate surface area is 228 Å². The van der Waals surface area contributed by atoms with E-state index in [-0.39, 0.29) is 11.4 Å². The first-order valence-corrected chi connectivity index (χ1v) is 12.5. The zero-order valence-corrected chi connectivity index (χ0v) is 21.9. The van der Waals surface area contributed by atoms with E-state index in [1.807, 2.05) is 6.92 Å². The van der Waals surface area contributed by atoms with Crippen molar-refractivity contribution in [1.82, 2.24) is 4.98 Å². The fourth-order valence-electron chi connectivity index (χ4n) is 4.00. The third-order valence-corrected chi connectivity index (χ3v) is 6.24. The van der Waals surface area contributed by atoms with Crippen LogP contribution in [0.1, 0.15) is 5.56 Å². The molecule has 39 heavy (non-hydrogen) atoms. The number of pyridine rings is 1. The summed E-state index contributed by atoms with van der Waals surface area (Å²) in [6.45, 7) is 3.25. The van der Waals surface area contributed by atoms with E-state index in [2.05, 4.69) is 15.6 Å². The Morgan fingerprint density at radius 2 is 1.85 bits per heavy atom. The normalized spacial score (nSPS) is 12.2. The predicted octanol–water partition coefficient (Wildman–Crippen LogP) is 6.57. The van der Waals surface area contributed by atoms with E-state index in [0.717, 1.165) is 5.56 Å². The molecule has 0 saturated heterocycles. The van der Waals surface area contributed by atoms with Gasteiger partial charge in [0.1, 0.15) is 37.1 Å². The summed E-state index contributed by atoms with van der Waals surface area (Å²) in [4.78, 5) is 16.8. The fourth-order valence-corrected chi connectivity index (χ4v) is 4.11. The largest absolute Gasteiger partial charge is 0.487 e. The monoisotopic (exact) mass is 553 g/mol. The Balaban J connectivity index is 1.36. The molecule has 9 nitrogen and oxygen atoms in total. The second kappa shape index (κ2) is 11.6. The molecule has 0 saturated carbocycles. The molecule has 0 spiro atoms. The average molecular weight is 554 g/mol. The van der Waals surface area contributed by atoms with E-state index in [9.17, 15) is 9.18 Å². The van der Waals surface area contributed by atoms with Crippen LogP contribution < -0.4 is 29.6 Å². The molecule has 11 heteroatoms. The van der Waals surface area contributed by atoms with Crippen molar-refractivity contribution >= 4 is 39.9 Å². The number of halogens is 2. The van der Waals surface area contributed by atoms with Gasteiger partial charge in [-0.15, -0.1) is 0 Å². The summed E-state index contributed by atoms with van der Waals surface area (Å²) >= 11 is 6.02. The predicted molar refractivity (Wildman–Crippen MR) is 145 cm³/mol. The maximum absolute atomic E-state index is 14.9. The van der Waals surface area contributed by atoms with Crippen molar-refractivity contribution < 1.29 is 32.9 Å². The molecule has 1 aromatic heterocycles. The number of benzene rings is 3. The van der Waals surface area contributed by atoms with Gasteiger partial charge >= 0.3 is 6.03 Å². The van der Waals surface area contributed by atoms with Gasteiger partial charge < -0.3 is 34.3 Å². The Bertz CT molecular complexity index is 1530. The quantitative estimate of drug-likeness (QED) is 0.238. The molecule has 0 unspecified atom stereocenters. The minimum Gasteiger partial charge on any atom is -0.487 e. The Hall–Kier alpha value is -4.28. The zero-order chi connectivity index (χ0) is 27.4. The number of methoxy groups -OCH3 is 1. The molecule has 0 fully saturated rings. The molecule has 1 aliphatic heterocycles. The lowest BCUT2D eigenvalue weighted by molar-refractivity contribution is 0.134. The lowest BCUT2D eigenvalue weighted by atomic mass is 10.1. The maximum Gasteiger partial charge on any atom is 0.323 e. The molecule has 1 aliphatic rings. The second-order valence-corrected chi connectivity index (χ2v) is 8.97. The highest BCUT2D eigenvalue weighted by Gasteiger charge is 2.25. The Morgan fingerprint density at radius 3 is 2.62 bits per heavy atom. The Kier molecular flexibility index (Phi) is 7.85. The third kappa shape index (κ3) is 5.92. The number of aromatic nitrogens is 1. The molecule has 0 radical (unpaired) electrons. The van der Waals surface area contributed by atoms with Crippen LogP contribution >= 0.6 is 11.6 Å². The summed E-state index contributed by atoms with van der Waals surface area (Å²) in [5, 5.41) is 6.30. The van der Waals surface area contributed by atoms with E-state index in [4.69, 9.17) is 35.3 Å². The van der Waals surface area contributed by atoms with Gasteiger partial charge in [-0.3, -0.25) is 4.98 Å². The molecule has 2 N–H and O–H groups in total. The van der Waals surface area contributed by atoms with Crippen molar-refractivity contribution in [2.75, 3.05) is 44.2 Å². The highest BCUT2D eigenvalue weighted by Crippen LogP contribution is 2.48. The van der Waals surface area contributed by atoms with Crippen LogP contribution in [0.2, 0.25) is 5.02 Å². The van der Waals surface area contributed by atoms with Crippen LogP contribution in [0.25, 0.3) is 10.9 Å². The second-order valence-electron chi connectivity index (χ2n) is 8.56. The number of urea groups is 1. The number of fused-ring (bicyclic) bond motifs is 3. The van der Waals surface area contributed by atoms with Gasteiger partial charge in [0.2, 0.25) is 5.75 Å². The SMILES string of the molecule is COCCOc1cc2nccc(Oc3ccc(NC(=O)Nc4ccc(Cl)c(C)c4)c(F)c3)c2c2c1OCCO2. The van der Waals surface area contributed by atoms with Crippen LogP contribution in [0.15, 0.2) is 54.7 Å². The smallest absolute Gasteiger partial charge is 0.323 e. The molecule has 0 atom stereocenters. The number of carbonyl (C=O) groups is 1. The molecule has 0 bridgehead atoms. The van der Waals surface area contributed by atoms with Gasteiger partial charge in [-0.1, -0.05) is 11.6 Å². The summed E-state index contributed by atoms with van der Waals surface area (Å²) in [5.74, 6) is 1.28. The number of anilines is 2. The first-order valence-electron chi connectivity index (χ1n) is 12.1. The first kappa shape index (κ1) is 26.3. The number of ether oxygens (including phenoxy) is 5. The molecule has 4 aromatic rings. The van der Waals surface area contributed by atoms with Crippen LogP contribution in [-0.2, 0) is 4.74 Å². The minimum absolute atomic E-state index is 0.0166. The van der Waals surface area contributed by atoms with Gasteiger partial charge in [0.15, 0.2) is 11.5 Å². The molecule has 3 aromatic carbocycles. The summed E-state index contributed by atoms with van der Waals surface area (Å²) in [7, 11) is 1.59. The number of hydrogen-bond donors (Lipinski definition) is 2. The van der Waals surface area contributed by atoms with Crippen LogP contribution in [-0.4, -0.2) is 44.6 Å². The topological polar surface area (TPSA) is 100 Å². The molecule has 0 aliphatic carbocycles. The van der Waals surface area contributed by atoms with Gasteiger partial charge in [0.05, 0.1) is 23.2 Å². The summed E-state index contributed by atoms with van der Waals surface area (Å²) < 4.78 is 43.6. The number of nitrogens with one attached hydrogen (secondary N) is 2. The van der Waals surface area contributed by atoms with Crippen LogP contribution in [0, 0.1) is 12.7 Å². The molecule has 5 rings (SSSR count). The van der Waals surface area contributed by atoms with Crippen LogP contribution in [0.4, 0.5) is 20.6 Å². The zero-order valence-electron chi connectivity index (χ0n) is 21.2. The number of rotatable bonds is 8. The third-order valence-electron chi connectivity index (χ3n) is 5.82. The molecular formula is C28H25ClFN3O6. The van der Waals surface area contributed by atoms with E-state index in [0.29, 0.717) is 71.0 Å². The maximum atomic E-state index is 14.9. The minimum atomic E-state index is -0.677. The van der Waals surface area contributed by atoms with Gasteiger partial charge in [-0.25, -0.2) is 9.18 Å². The molecule has 202 valence electrons. The lowest BCUT2D eigenvalue weighted by Crippen LogP contribution is -2.20. The van der Waals surface area contributed by atoms with Crippen LogP contribution in [0.5, 0.6) is 28.7 Å². The van der Waals surface area contributed by atoms with Gasteiger partial charge in [-0.2, -0.15) is 0 Å². The molecule has 2 amide bonds. The number of hydrogen-bond acceptors (Lipinski definition) is 7. The number of aryl methyl sites for hydroxylation is 1. The summed E-state index contributed by atoms with van der Waals surface area (Å²) in [5.41, 5.74) is 1.87. The highest BCUT2D eigenvalue weighted by molar-refractivity contribution is 6.31. The van der Waals surface area contributed by atoms with Gasteiger partial charge in [-0.05, 0) is 48.9 Å². The summed E-state index contributed by atoms with van der Waals surface area (Å²) in [6, 6.07) is 12.0. The summed E-state index contributed by atoms with van der Waals surface area (Å²) in [6.07, 6.45) is 1.57. The number of amides is 2. The van der Waals surface area contributed by atoms with E-state index in [1.54, 1.807) is 49.7 Å². The van der Waals surface area contributed by atoms with Gasteiger partial charge in [0, 0.05) is 36.1 Å². The standard InChI is InChI=1S/C28H25ClFN3O6/c1-16-13-17(3-5-19(16)29)32-28(34)33-21-6-4-18(14-20(21)30)39-23-7-8-31-22-15-24(36-10-9-35-2)26-27(25(22)23)38-12-11-37-26/h3-8,13-15H,9-12H2,1-2H3,(H2,32,33,34). The molecule has 2 heterocycles. The van der Waals surface area contributed by atoms with Crippen molar-refractivity contribution in [3.8, 4) is 28.7 Å². The van der Waals surface area contributed by atoms with Gasteiger partial charge in [0.25, 0.3) is 0 Å². The Morgan fingerprint density at radius 1 is 1.03 bits per heavy atom. The highest BCUT2D eigenvalue weighted by atomic mass is 35.5. The van der Waals surface area contributed by atoms with Crippen molar-refractivity contribution in [1.29, 1.82) is 0 Å². The number of nitrogens with zero attached hydrogens (tertiary/aromatic N) is 1. The lowest BCUT2D eigenvalue weighted by Gasteiger charge is -2.23. The fraction of sp³-hybridized carbons (Fsp3) is 0.214.